The van der Waals surface area contributed by atoms with Crippen molar-refractivity contribution >= 4 is 18.2 Å². The minimum absolute atomic E-state index is 0.0528. The molecular formula is C25H36O5. The van der Waals surface area contributed by atoms with E-state index in [4.69, 9.17) is 9.47 Å². The first kappa shape index (κ1) is 21.6. The van der Waals surface area contributed by atoms with Gasteiger partial charge in [0.25, 0.3) is 0 Å². The molecule has 0 heterocycles. The molecule has 8 atom stereocenters. The number of ether oxygens (including phenoxy) is 2. The second kappa shape index (κ2) is 7.80. The molecule has 3 saturated carbocycles. The monoisotopic (exact) mass is 416 g/mol. The lowest BCUT2D eigenvalue weighted by molar-refractivity contribution is -0.154. The first-order valence-corrected chi connectivity index (χ1v) is 11.7. The van der Waals surface area contributed by atoms with Crippen molar-refractivity contribution in [3.05, 3.63) is 11.6 Å². The highest BCUT2D eigenvalue weighted by Gasteiger charge is 2.61. The van der Waals surface area contributed by atoms with Gasteiger partial charge in [-0.05, 0) is 75.0 Å². The summed E-state index contributed by atoms with van der Waals surface area (Å²) < 4.78 is 11.1. The maximum absolute atomic E-state index is 12.6. The van der Waals surface area contributed by atoms with Gasteiger partial charge in [-0.3, -0.25) is 9.59 Å². The minimum atomic E-state index is -0.375. The molecule has 0 unspecified atom stereocenters. The zero-order valence-corrected chi connectivity index (χ0v) is 18.8. The zero-order valence-electron chi connectivity index (χ0n) is 18.8. The maximum Gasteiger partial charge on any atom is 0.302 e. The lowest BCUT2D eigenvalue weighted by atomic mass is 9.47. The molecule has 0 saturated heterocycles. The molecule has 30 heavy (non-hydrogen) atoms. The van der Waals surface area contributed by atoms with Crippen molar-refractivity contribution in [1.29, 1.82) is 0 Å². The summed E-state index contributed by atoms with van der Waals surface area (Å²) in [7, 11) is 0. The molecule has 0 radical (unpaired) electrons. The number of hydrogen-bond acceptors (Lipinski definition) is 5. The van der Waals surface area contributed by atoms with Crippen LogP contribution in [0.5, 0.6) is 0 Å². The van der Waals surface area contributed by atoms with Gasteiger partial charge in [-0.2, -0.15) is 0 Å². The summed E-state index contributed by atoms with van der Waals surface area (Å²) in [5, 5.41) is 0. The first-order chi connectivity index (χ1) is 14.2. The Hall–Kier alpha value is -1.65. The van der Waals surface area contributed by atoms with Crippen LogP contribution in [0.3, 0.4) is 0 Å². The van der Waals surface area contributed by atoms with Crippen molar-refractivity contribution < 1.29 is 23.9 Å². The van der Waals surface area contributed by atoms with E-state index >= 15 is 0 Å². The van der Waals surface area contributed by atoms with Gasteiger partial charge in [0.05, 0.1) is 5.41 Å². The quantitative estimate of drug-likeness (QED) is 0.380. The van der Waals surface area contributed by atoms with Crippen LogP contribution in [0.2, 0.25) is 0 Å². The number of rotatable bonds is 4. The third-order valence-electron chi connectivity index (χ3n) is 9.20. The molecule has 0 N–H and O–H groups in total. The van der Waals surface area contributed by atoms with E-state index in [-0.39, 0.29) is 35.0 Å². The number of allylic oxidation sites excluding steroid dienone is 1. The van der Waals surface area contributed by atoms with E-state index in [1.54, 1.807) is 0 Å². The fraction of sp³-hybridized carbons (Fsp3) is 0.800. The SMILES string of the molecule is CC(=O)O[C@H]1CC[C@@]2(C=O)C(=CC[C@H]3[C@@H]4CC[C@H]([C@@H](C)OC(C)=O)[C@@]4(C)CC[C@@H]32)C1. The summed E-state index contributed by atoms with van der Waals surface area (Å²) in [6.07, 6.45) is 11.1. The summed E-state index contributed by atoms with van der Waals surface area (Å²) >= 11 is 0. The molecule has 5 nitrogen and oxygen atoms in total. The number of hydrogen-bond donors (Lipinski definition) is 0. The van der Waals surface area contributed by atoms with Gasteiger partial charge in [-0.1, -0.05) is 18.6 Å². The highest BCUT2D eigenvalue weighted by Crippen LogP contribution is 2.66. The Kier molecular flexibility index (Phi) is 5.61. The van der Waals surface area contributed by atoms with Gasteiger partial charge < -0.3 is 14.3 Å². The van der Waals surface area contributed by atoms with E-state index in [9.17, 15) is 14.4 Å². The van der Waals surface area contributed by atoms with Gasteiger partial charge in [0, 0.05) is 26.2 Å². The predicted octanol–water partition coefficient (Wildman–Crippen LogP) is 4.63. The van der Waals surface area contributed by atoms with Crippen LogP contribution in [0.4, 0.5) is 0 Å². The van der Waals surface area contributed by atoms with Crippen LogP contribution < -0.4 is 0 Å². The fourth-order valence-corrected chi connectivity index (χ4v) is 8.04. The highest BCUT2D eigenvalue weighted by atomic mass is 16.5. The molecule has 0 aromatic heterocycles. The predicted molar refractivity (Wildman–Crippen MR) is 112 cm³/mol. The highest BCUT2D eigenvalue weighted by molar-refractivity contribution is 5.69. The largest absolute Gasteiger partial charge is 0.463 e. The van der Waals surface area contributed by atoms with Crippen LogP contribution in [0.1, 0.15) is 79.1 Å². The number of carbonyl (C=O) groups excluding carboxylic acids is 3. The van der Waals surface area contributed by atoms with Crippen molar-refractivity contribution in [2.75, 3.05) is 0 Å². The summed E-state index contributed by atoms with van der Waals surface area (Å²) in [6, 6.07) is 0. The van der Waals surface area contributed by atoms with E-state index in [0.717, 1.165) is 44.9 Å². The van der Waals surface area contributed by atoms with Crippen molar-refractivity contribution in [3.8, 4) is 0 Å². The normalized spacial score (nSPS) is 43.3. The lowest BCUT2D eigenvalue weighted by Gasteiger charge is -2.57. The molecule has 166 valence electrons. The van der Waals surface area contributed by atoms with Crippen LogP contribution in [0.15, 0.2) is 11.6 Å². The van der Waals surface area contributed by atoms with Gasteiger partial charge in [-0.25, -0.2) is 0 Å². The summed E-state index contributed by atoms with van der Waals surface area (Å²) in [5.74, 6) is 1.43. The van der Waals surface area contributed by atoms with Crippen LogP contribution in [0, 0.1) is 34.5 Å². The van der Waals surface area contributed by atoms with Gasteiger partial charge in [0.1, 0.15) is 18.5 Å². The van der Waals surface area contributed by atoms with E-state index in [1.807, 2.05) is 6.92 Å². The molecular weight excluding hydrogens is 380 g/mol. The molecule has 4 aliphatic carbocycles. The third-order valence-corrected chi connectivity index (χ3v) is 9.20. The number of fused-ring (bicyclic) bond motifs is 5. The average molecular weight is 417 g/mol. The number of aldehydes is 1. The molecule has 0 aromatic rings. The molecule has 4 rings (SSSR count). The minimum Gasteiger partial charge on any atom is -0.463 e. The first-order valence-electron chi connectivity index (χ1n) is 11.7. The van der Waals surface area contributed by atoms with E-state index < -0.39 is 0 Å². The second-order valence-electron chi connectivity index (χ2n) is 10.5. The fourth-order valence-electron chi connectivity index (χ4n) is 8.04. The molecule has 0 bridgehead atoms. The Morgan fingerprint density at radius 1 is 1.10 bits per heavy atom. The Morgan fingerprint density at radius 3 is 2.53 bits per heavy atom. The Balaban J connectivity index is 1.58. The Bertz CT molecular complexity index is 757. The van der Waals surface area contributed by atoms with Gasteiger partial charge in [0.2, 0.25) is 0 Å². The molecule has 3 fully saturated rings. The standard InChI is InChI=1S/C25H36O5/c1-15(29-16(2)27)21-7-8-22-20-6-5-18-13-19(30-17(3)28)9-12-25(18,14-26)23(20)10-11-24(21,22)4/h5,14-15,19-23H,6-13H2,1-4H3/t15-,19+,20+,21-,22+,23+,24-,25-/m1/s1. The smallest absolute Gasteiger partial charge is 0.302 e. The Morgan fingerprint density at radius 2 is 1.87 bits per heavy atom. The van der Waals surface area contributed by atoms with Gasteiger partial charge >= 0.3 is 11.9 Å². The third kappa shape index (κ3) is 3.33. The molecule has 0 aliphatic heterocycles. The molecule has 0 aromatic carbocycles. The molecule has 5 heteroatoms. The van der Waals surface area contributed by atoms with Crippen LogP contribution in [-0.4, -0.2) is 30.4 Å². The van der Waals surface area contributed by atoms with Crippen molar-refractivity contribution in [2.24, 2.45) is 34.5 Å². The lowest BCUT2D eigenvalue weighted by Crippen LogP contribution is -2.53. The summed E-state index contributed by atoms with van der Waals surface area (Å²) in [6.45, 7) is 7.40. The summed E-state index contributed by atoms with van der Waals surface area (Å²) in [5.41, 5.74) is 1.00. The number of esters is 2. The van der Waals surface area contributed by atoms with E-state index in [0.29, 0.717) is 30.1 Å². The maximum atomic E-state index is 12.6. The van der Waals surface area contributed by atoms with E-state index in [2.05, 4.69) is 13.0 Å². The number of carbonyl (C=O) groups is 3. The van der Waals surface area contributed by atoms with Crippen molar-refractivity contribution in [2.45, 2.75) is 91.3 Å². The van der Waals surface area contributed by atoms with Crippen molar-refractivity contribution in [3.63, 3.8) is 0 Å². The second-order valence-corrected chi connectivity index (χ2v) is 10.5. The summed E-state index contributed by atoms with van der Waals surface area (Å²) in [4.78, 5) is 35.5. The van der Waals surface area contributed by atoms with E-state index in [1.165, 1.54) is 25.7 Å². The molecule has 0 amide bonds. The van der Waals surface area contributed by atoms with Crippen molar-refractivity contribution in [1.82, 2.24) is 0 Å². The Labute approximate surface area is 179 Å². The van der Waals surface area contributed by atoms with Gasteiger partial charge in [-0.15, -0.1) is 0 Å². The topological polar surface area (TPSA) is 69.7 Å². The zero-order chi connectivity index (χ0) is 21.7. The molecule has 0 spiro atoms. The van der Waals surface area contributed by atoms with Crippen LogP contribution >= 0.6 is 0 Å². The van der Waals surface area contributed by atoms with Gasteiger partial charge in [0.15, 0.2) is 0 Å². The average Bonchev–Trinajstić information content (AvgIpc) is 3.04. The van der Waals surface area contributed by atoms with Crippen LogP contribution in [-0.2, 0) is 23.9 Å². The molecule has 4 aliphatic rings. The van der Waals surface area contributed by atoms with Crippen LogP contribution in [0.25, 0.3) is 0 Å².